The number of hydrogen-bond acceptors (Lipinski definition) is 7. The maximum Gasteiger partial charge on any atom is 0.327 e. The lowest BCUT2D eigenvalue weighted by atomic mass is 10.1. The highest BCUT2D eigenvalue weighted by atomic mass is 32.1. The number of unbranched alkanes of at least 4 members (excludes halogenated alkanes) is 16. The molecule has 6 nitrogen and oxygen atoms in total. The molecule has 0 aromatic rings. The highest BCUT2D eigenvalue weighted by Gasteiger charge is 2.17. The van der Waals surface area contributed by atoms with Crippen LogP contribution in [0.15, 0.2) is 0 Å². The average molecular weight is 535 g/mol. The van der Waals surface area contributed by atoms with Crippen molar-refractivity contribution in [1.29, 1.82) is 0 Å². The monoisotopic (exact) mass is 534 g/mol. The average Bonchev–Trinajstić information content (AvgIpc) is 2.85. The largest absolute Gasteiger partial charge is 0.462 e. The summed E-state index contributed by atoms with van der Waals surface area (Å²) in [6.07, 6.45) is 21.0. The second-order valence-corrected chi connectivity index (χ2v) is 10.3. The van der Waals surface area contributed by atoms with Gasteiger partial charge in [0.05, 0.1) is 0 Å². The van der Waals surface area contributed by atoms with Gasteiger partial charge in [-0.2, -0.15) is 12.6 Å². The summed E-state index contributed by atoms with van der Waals surface area (Å²) in [5.74, 6) is 0.365. The Bertz CT molecular complexity index is 506. The van der Waals surface area contributed by atoms with Gasteiger partial charge in [0.25, 0.3) is 0 Å². The molecule has 0 aliphatic rings. The van der Waals surface area contributed by atoms with Gasteiger partial charge in [0.1, 0.15) is 13.2 Å². The quantitative estimate of drug-likeness (QED) is 0.0493. The van der Waals surface area contributed by atoms with Crippen LogP contribution >= 0.6 is 21.3 Å². The minimum absolute atomic E-state index is 0.0594. The van der Waals surface area contributed by atoms with Crippen LogP contribution in [0.3, 0.4) is 0 Å². The molecule has 8 heteroatoms. The fourth-order valence-electron chi connectivity index (χ4n) is 3.93. The minimum Gasteiger partial charge on any atom is -0.462 e. The van der Waals surface area contributed by atoms with E-state index in [2.05, 4.69) is 19.6 Å². The fraction of sp³-hybridized carbons (Fsp3) is 0.926. The fourth-order valence-corrected chi connectivity index (χ4v) is 4.38. The molecule has 0 fully saturated rings. The highest BCUT2D eigenvalue weighted by Crippen LogP contribution is 2.13. The molecule has 0 aromatic heterocycles. The highest BCUT2D eigenvalue weighted by molar-refractivity contribution is 7.80. The molecular weight excluding hydrogens is 483 g/mol. The first-order valence-electron chi connectivity index (χ1n) is 14.0. The van der Waals surface area contributed by atoms with Crippen molar-refractivity contribution in [3.63, 3.8) is 0 Å². The first-order valence-corrected chi connectivity index (χ1v) is 15.4. The Kier molecular flexibility index (Phi) is 27.4. The second kappa shape index (κ2) is 27.9. The Morgan fingerprint density at radius 3 is 1.60 bits per heavy atom. The van der Waals surface area contributed by atoms with Gasteiger partial charge in [-0.15, -0.1) is 0 Å². The summed E-state index contributed by atoms with van der Waals surface area (Å²) in [7, 11) is -0.486. The second-order valence-electron chi connectivity index (χ2n) is 9.40. The summed E-state index contributed by atoms with van der Waals surface area (Å²) >= 11 is 4.23. The molecular formula is C27H51O6PS. The summed E-state index contributed by atoms with van der Waals surface area (Å²) in [5.41, 5.74) is 0. The summed E-state index contributed by atoms with van der Waals surface area (Å²) in [6.45, 7) is 2.08. The van der Waals surface area contributed by atoms with Crippen LogP contribution in [0.2, 0.25) is 0 Å². The molecule has 0 saturated carbocycles. The van der Waals surface area contributed by atoms with Crippen molar-refractivity contribution in [3.05, 3.63) is 0 Å². The molecule has 0 heterocycles. The molecule has 0 amide bonds. The van der Waals surface area contributed by atoms with E-state index >= 15 is 0 Å². The van der Waals surface area contributed by atoms with Crippen molar-refractivity contribution in [1.82, 2.24) is 0 Å². The van der Waals surface area contributed by atoms with Crippen molar-refractivity contribution in [2.24, 2.45) is 0 Å². The van der Waals surface area contributed by atoms with E-state index in [1.165, 1.54) is 77.0 Å². The van der Waals surface area contributed by atoms with Crippen LogP contribution in [0.25, 0.3) is 0 Å². The third-order valence-electron chi connectivity index (χ3n) is 6.06. The molecule has 0 rings (SSSR count). The maximum atomic E-state index is 12.1. The summed E-state index contributed by atoms with van der Waals surface area (Å²) < 4.78 is 26.1. The first-order chi connectivity index (χ1) is 17.1. The lowest BCUT2D eigenvalue weighted by Gasteiger charge is -2.16. The van der Waals surface area contributed by atoms with Crippen LogP contribution in [0.4, 0.5) is 0 Å². The molecule has 35 heavy (non-hydrogen) atoms. The summed E-state index contributed by atoms with van der Waals surface area (Å²) in [5, 5.41) is 0. The Balaban J connectivity index is 3.82. The Morgan fingerprint density at radius 2 is 1.11 bits per heavy atom. The van der Waals surface area contributed by atoms with Gasteiger partial charge in [-0.1, -0.05) is 103 Å². The zero-order valence-corrected chi connectivity index (χ0v) is 24.0. The van der Waals surface area contributed by atoms with E-state index in [1.54, 1.807) is 0 Å². The van der Waals surface area contributed by atoms with Crippen molar-refractivity contribution in [3.8, 4) is 0 Å². The van der Waals surface area contributed by atoms with Gasteiger partial charge >= 0.3 is 20.6 Å². The number of ether oxygens (including phenoxy) is 2. The summed E-state index contributed by atoms with van der Waals surface area (Å²) in [4.78, 5) is 24.2. The molecule has 206 valence electrons. The maximum absolute atomic E-state index is 12.1. The predicted octanol–water partition coefficient (Wildman–Crippen LogP) is 8.42. The topological polar surface area (TPSA) is 78.9 Å². The van der Waals surface area contributed by atoms with E-state index in [0.717, 1.165) is 44.3 Å². The third-order valence-corrected chi connectivity index (χ3v) is 6.64. The molecule has 0 aromatic carbocycles. The van der Waals surface area contributed by atoms with Crippen LogP contribution in [0.5, 0.6) is 0 Å². The molecule has 0 radical (unpaired) electrons. The van der Waals surface area contributed by atoms with Gasteiger partial charge < -0.3 is 9.47 Å². The van der Waals surface area contributed by atoms with E-state index < -0.39 is 14.8 Å². The lowest BCUT2D eigenvalue weighted by Crippen LogP contribution is -2.28. The normalized spacial score (nSPS) is 12.1. The Labute approximate surface area is 221 Å². The van der Waals surface area contributed by atoms with E-state index in [0.29, 0.717) is 12.8 Å². The van der Waals surface area contributed by atoms with E-state index in [9.17, 15) is 14.2 Å². The molecule has 0 spiro atoms. The van der Waals surface area contributed by atoms with Crippen molar-refractivity contribution >= 4 is 33.3 Å². The van der Waals surface area contributed by atoms with Crippen molar-refractivity contribution < 1.29 is 28.2 Å². The number of carbonyl (C=O) groups is 2. The van der Waals surface area contributed by atoms with Gasteiger partial charge in [-0.05, 0) is 25.0 Å². The van der Waals surface area contributed by atoms with Gasteiger partial charge in [-0.3, -0.25) is 14.1 Å². The van der Waals surface area contributed by atoms with E-state index in [1.807, 2.05) is 0 Å². The molecule has 0 aliphatic carbocycles. The molecule has 0 aliphatic heterocycles. The molecule has 1 atom stereocenters. The van der Waals surface area contributed by atoms with Crippen LogP contribution in [-0.2, 0) is 28.2 Å². The Hall–Kier alpha value is -0.650. The van der Waals surface area contributed by atoms with Gasteiger partial charge in [0, 0.05) is 12.8 Å². The number of esters is 2. The summed E-state index contributed by atoms with van der Waals surface area (Å²) in [6, 6.07) is 0. The van der Waals surface area contributed by atoms with Crippen molar-refractivity contribution in [2.45, 2.75) is 141 Å². The molecule has 0 unspecified atom stereocenters. The number of rotatable bonds is 27. The molecule has 0 saturated heterocycles. The van der Waals surface area contributed by atoms with Gasteiger partial charge in [0.2, 0.25) is 0 Å². The van der Waals surface area contributed by atoms with Crippen LogP contribution in [0.1, 0.15) is 135 Å². The van der Waals surface area contributed by atoms with Crippen LogP contribution in [-0.4, -0.2) is 37.0 Å². The van der Waals surface area contributed by atoms with E-state index in [-0.39, 0.29) is 25.2 Å². The van der Waals surface area contributed by atoms with Crippen LogP contribution in [0, 0.1) is 0 Å². The first kappa shape index (κ1) is 34.4. The SMILES string of the molecule is CCCCCCCCCCC(=O)O[C@@H](COP=O)COC(=O)CCCCCCCCCCCCS. The standard InChI is InChI=1S/C27H51O6PS/c1-2-3-4-5-6-11-15-18-21-27(29)33-25(24-32-34-30)23-31-26(28)20-17-14-12-9-7-8-10-13-16-19-22-35/h25,35H,2-24H2,1H3/t25-/m1/s1. The van der Waals surface area contributed by atoms with Crippen molar-refractivity contribution in [2.75, 3.05) is 19.0 Å². The smallest absolute Gasteiger partial charge is 0.327 e. The lowest BCUT2D eigenvalue weighted by molar-refractivity contribution is -0.160. The number of hydrogen-bond donors (Lipinski definition) is 1. The minimum atomic E-state index is -0.727. The Morgan fingerprint density at radius 1 is 0.657 bits per heavy atom. The predicted molar refractivity (Wildman–Crippen MR) is 146 cm³/mol. The van der Waals surface area contributed by atoms with E-state index in [4.69, 9.17) is 14.0 Å². The van der Waals surface area contributed by atoms with Crippen LogP contribution < -0.4 is 0 Å². The molecule has 0 bridgehead atoms. The third kappa shape index (κ3) is 26.2. The zero-order chi connectivity index (χ0) is 25.8. The zero-order valence-electron chi connectivity index (χ0n) is 22.2. The number of carbonyl (C=O) groups excluding carboxylic acids is 2. The van der Waals surface area contributed by atoms with Gasteiger partial charge in [-0.25, -0.2) is 4.57 Å². The molecule has 0 N–H and O–H groups in total. The number of thiol groups is 1. The van der Waals surface area contributed by atoms with Gasteiger partial charge in [0.15, 0.2) is 6.10 Å².